The Balaban J connectivity index is -0.000000240. The maximum absolute atomic E-state index is 10.4. The van der Waals surface area contributed by atoms with Crippen LogP contribution in [0.1, 0.15) is 0 Å². The van der Waals surface area contributed by atoms with Crippen LogP contribution in [-0.4, -0.2) is 179 Å². The van der Waals surface area contributed by atoms with E-state index in [0.29, 0.717) is 0 Å². The summed E-state index contributed by atoms with van der Waals surface area (Å²) in [5, 5.41) is 0. The molecule has 0 aromatic heterocycles. The van der Waals surface area contributed by atoms with E-state index in [1.807, 2.05) is 0 Å². The van der Waals surface area contributed by atoms with Crippen LogP contribution in [0.3, 0.4) is 0 Å². The predicted molar refractivity (Wildman–Crippen MR) is 57.5 cm³/mol. The van der Waals surface area contributed by atoms with Crippen molar-refractivity contribution in [3.05, 3.63) is 0 Å². The molecule has 0 atom stereocenters. The fraction of sp³-hybridized carbons (Fsp3) is 0. The van der Waals surface area contributed by atoms with Crippen LogP contribution in [0.25, 0.3) is 0 Å². The van der Waals surface area contributed by atoms with Crippen LogP contribution in [0.5, 0.6) is 0 Å². The van der Waals surface area contributed by atoms with Gasteiger partial charge in [0.1, 0.15) is 0 Å². The molecule has 0 unspecified atom stereocenters. The summed E-state index contributed by atoms with van der Waals surface area (Å²) in [5.74, 6) is 0. The standard InChI is InChI=1S/3K.H5O10P3.3H/c;;;1-11(2,3)9-13(7,8)10-12(4,5)6;;;/h;;;(H,7,8)(H2,1,2,3)(H2,4,5,6);;;. The van der Waals surface area contributed by atoms with Gasteiger partial charge in [-0.3, -0.25) is 0 Å². The van der Waals surface area contributed by atoms with Crippen molar-refractivity contribution in [2.45, 2.75) is 0 Å². The van der Waals surface area contributed by atoms with Crippen molar-refractivity contribution in [2.75, 3.05) is 0 Å². The summed E-state index contributed by atoms with van der Waals surface area (Å²) in [6, 6.07) is 0. The molecular formula is H8K3O10P3. The Bertz CT molecular complexity index is 283. The van der Waals surface area contributed by atoms with E-state index in [-0.39, 0.29) is 154 Å². The Labute approximate surface area is 218 Å². The van der Waals surface area contributed by atoms with Crippen LogP contribution >= 0.6 is 23.5 Å². The first-order chi connectivity index (χ1) is 5.41. The second-order valence-corrected chi connectivity index (χ2v) is 5.82. The molecule has 5 N–H and O–H groups in total. The van der Waals surface area contributed by atoms with E-state index in [4.69, 9.17) is 24.5 Å². The minimum atomic E-state index is -5.46. The van der Waals surface area contributed by atoms with Gasteiger partial charge in [-0.25, -0.2) is 13.7 Å². The molecule has 0 saturated heterocycles. The number of phosphoric acid groups is 3. The SMILES string of the molecule is O=P(O)(O)OP(=O)(O)OP(=O)(O)O.[KH].[KH].[KH]. The Kier molecular flexibility index (Phi) is 21.7. The quantitative estimate of drug-likeness (QED) is 0.257. The molecule has 16 heavy (non-hydrogen) atoms. The molecular weight excluding hydrogens is 370 g/mol. The van der Waals surface area contributed by atoms with Crippen LogP contribution in [0, 0.1) is 0 Å². The van der Waals surface area contributed by atoms with Crippen LogP contribution in [0.4, 0.5) is 0 Å². The first kappa shape index (κ1) is 29.3. The van der Waals surface area contributed by atoms with Crippen molar-refractivity contribution in [3.63, 3.8) is 0 Å². The van der Waals surface area contributed by atoms with E-state index >= 15 is 0 Å². The third kappa shape index (κ3) is 21.6. The summed E-state index contributed by atoms with van der Waals surface area (Å²) in [7, 11) is -16.2. The van der Waals surface area contributed by atoms with Crippen molar-refractivity contribution >= 4 is 178 Å². The molecule has 0 aliphatic carbocycles. The van der Waals surface area contributed by atoms with Gasteiger partial charge in [-0.2, -0.15) is 8.62 Å². The van der Waals surface area contributed by atoms with Crippen LogP contribution in [0.15, 0.2) is 0 Å². The van der Waals surface area contributed by atoms with Crippen molar-refractivity contribution in [1.29, 1.82) is 0 Å². The molecule has 0 fully saturated rings. The fourth-order valence-electron chi connectivity index (χ4n) is 0.284. The maximum atomic E-state index is 10.4. The average Bonchev–Trinajstić information content (AvgIpc) is 1.43. The summed E-state index contributed by atoms with van der Waals surface area (Å²) in [5.41, 5.74) is 0. The van der Waals surface area contributed by atoms with Gasteiger partial charge in [0.05, 0.1) is 0 Å². The van der Waals surface area contributed by atoms with Crippen molar-refractivity contribution in [2.24, 2.45) is 0 Å². The van der Waals surface area contributed by atoms with Gasteiger partial charge in [0, 0.05) is 0 Å². The van der Waals surface area contributed by atoms with Gasteiger partial charge in [0.2, 0.25) is 0 Å². The summed E-state index contributed by atoms with van der Waals surface area (Å²) in [6.45, 7) is 0. The normalized spacial score (nSPS) is 11.8. The van der Waals surface area contributed by atoms with E-state index in [2.05, 4.69) is 8.62 Å². The van der Waals surface area contributed by atoms with E-state index in [9.17, 15) is 13.7 Å². The van der Waals surface area contributed by atoms with Gasteiger partial charge in [-0.15, -0.1) is 0 Å². The predicted octanol–water partition coefficient (Wildman–Crippen LogP) is -2.64. The Morgan fingerprint density at radius 3 is 0.938 bits per heavy atom. The summed E-state index contributed by atoms with van der Waals surface area (Å²) in [6.07, 6.45) is 0. The zero-order valence-electron chi connectivity index (χ0n) is 5.62. The van der Waals surface area contributed by atoms with E-state index in [1.54, 1.807) is 0 Å². The number of hydrogen-bond donors (Lipinski definition) is 5. The first-order valence-electron chi connectivity index (χ1n) is 2.28. The van der Waals surface area contributed by atoms with E-state index < -0.39 is 23.5 Å². The first-order valence-corrected chi connectivity index (χ1v) is 6.83. The third-order valence-corrected chi connectivity index (χ3v) is 3.77. The topological polar surface area (TPSA) is 171 Å². The van der Waals surface area contributed by atoms with Gasteiger partial charge in [-0.1, -0.05) is 0 Å². The Hall–Kier alpha value is 5.32. The Morgan fingerprint density at radius 2 is 0.812 bits per heavy atom. The number of hydrogen-bond acceptors (Lipinski definition) is 5. The van der Waals surface area contributed by atoms with Crippen molar-refractivity contribution in [1.82, 2.24) is 0 Å². The molecule has 10 nitrogen and oxygen atoms in total. The Morgan fingerprint density at radius 1 is 0.625 bits per heavy atom. The van der Waals surface area contributed by atoms with E-state index in [1.165, 1.54) is 0 Å². The molecule has 0 bridgehead atoms. The van der Waals surface area contributed by atoms with Crippen molar-refractivity contribution in [3.8, 4) is 0 Å². The molecule has 0 radical (unpaired) electrons. The molecule has 0 aromatic rings. The van der Waals surface area contributed by atoms with Gasteiger partial charge in [0.15, 0.2) is 0 Å². The van der Waals surface area contributed by atoms with Gasteiger partial charge in [0.25, 0.3) is 0 Å². The molecule has 16 heteroatoms. The van der Waals surface area contributed by atoms with Gasteiger partial charge >= 0.3 is 178 Å². The second kappa shape index (κ2) is 11.8. The van der Waals surface area contributed by atoms with Crippen molar-refractivity contribution < 1.29 is 46.8 Å². The zero-order valence-corrected chi connectivity index (χ0v) is 8.30. The molecule has 0 heterocycles. The fourth-order valence-corrected chi connectivity index (χ4v) is 2.82. The van der Waals surface area contributed by atoms with Crippen LogP contribution in [0.2, 0.25) is 0 Å². The zero-order chi connectivity index (χ0) is 10.9. The van der Waals surface area contributed by atoms with Crippen LogP contribution < -0.4 is 0 Å². The third-order valence-electron chi connectivity index (χ3n) is 0.419. The van der Waals surface area contributed by atoms with Crippen LogP contribution in [-0.2, 0) is 22.3 Å². The molecule has 0 rings (SSSR count). The van der Waals surface area contributed by atoms with Gasteiger partial charge < -0.3 is 24.5 Å². The molecule has 0 saturated carbocycles. The molecule has 0 aromatic carbocycles. The monoisotopic (exact) mass is 378 g/mol. The molecule has 0 spiro atoms. The van der Waals surface area contributed by atoms with Gasteiger partial charge in [-0.05, 0) is 0 Å². The molecule has 86 valence electrons. The minimum absolute atomic E-state index is 0. The number of rotatable bonds is 4. The molecule has 0 amide bonds. The molecule has 0 aliphatic heterocycles. The summed E-state index contributed by atoms with van der Waals surface area (Å²) in [4.78, 5) is 40.2. The second-order valence-electron chi connectivity index (χ2n) is 1.61. The summed E-state index contributed by atoms with van der Waals surface area (Å²) >= 11 is 0. The average molecular weight is 378 g/mol. The summed E-state index contributed by atoms with van der Waals surface area (Å²) < 4.78 is 36.4. The van der Waals surface area contributed by atoms with E-state index in [0.717, 1.165) is 0 Å². The molecule has 0 aliphatic rings.